The minimum atomic E-state index is -0.419. The third kappa shape index (κ3) is 10.1. The van der Waals surface area contributed by atoms with Crippen molar-refractivity contribution in [2.24, 2.45) is 0 Å². The van der Waals surface area contributed by atoms with E-state index < -0.39 is 6.09 Å². The van der Waals surface area contributed by atoms with Gasteiger partial charge in [0, 0.05) is 25.5 Å². The monoisotopic (exact) mass is 523 g/mol. The van der Waals surface area contributed by atoms with Gasteiger partial charge in [-0.15, -0.1) is 0 Å². The number of alkyl carbamates (subject to hydrolysis) is 1. The molecule has 0 fully saturated rings. The van der Waals surface area contributed by atoms with Gasteiger partial charge in [0.1, 0.15) is 13.2 Å². The molecule has 0 aromatic heterocycles. The molecule has 0 saturated carbocycles. The van der Waals surface area contributed by atoms with Gasteiger partial charge >= 0.3 is 12.1 Å². The van der Waals surface area contributed by atoms with Crippen LogP contribution in [0.2, 0.25) is 0 Å². The van der Waals surface area contributed by atoms with Crippen LogP contribution in [0.25, 0.3) is 11.1 Å². The van der Waals surface area contributed by atoms with Crippen molar-refractivity contribution in [1.29, 1.82) is 0 Å². The van der Waals surface area contributed by atoms with E-state index >= 15 is 0 Å². The summed E-state index contributed by atoms with van der Waals surface area (Å²) in [4.78, 5) is 24.0. The number of carbonyl (C=O) groups excluding carboxylic acids is 2. The van der Waals surface area contributed by atoms with E-state index in [-0.39, 0.29) is 18.5 Å². The molecule has 6 heteroatoms. The van der Waals surface area contributed by atoms with Crippen LogP contribution in [0.4, 0.5) is 4.79 Å². The Bertz CT molecular complexity index is 930. The molecular formula is C32H45NO5. The summed E-state index contributed by atoms with van der Waals surface area (Å²) < 4.78 is 16.3. The minimum absolute atomic E-state index is 0.0551. The Balaban J connectivity index is 1.15. The summed E-state index contributed by atoms with van der Waals surface area (Å²) in [5, 5.41) is 2.79. The first-order valence-electron chi connectivity index (χ1n) is 14.5. The second-order valence-corrected chi connectivity index (χ2v) is 10.0. The van der Waals surface area contributed by atoms with E-state index in [2.05, 4.69) is 36.5 Å². The third-order valence-corrected chi connectivity index (χ3v) is 7.05. The molecule has 0 unspecified atom stereocenters. The van der Waals surface area contributed by atoms with Gasteiger partial charge in [0.05, 0.1) is 6.61 Å². The number of hydrogen-bond donors (Lipinski definition) is 1. The molecule has 0 radical (unpaired) electrons. The summed E-state index contributed by atoms with van der Waals surface area (Å²) in [6.45, 7) is 4.14. The lowest BCUT2D eigenvalue weighted by Gasteiger charge is -2.14. The predicted molar refractivity (Wildman–Crippen MR) is 151 cm³/mol. The van der Waals surface area contributed by atoms with E-state index in [0.29, 0.717) is 39.2 Å². The van der Waals surface area contributed by atoms with Crippen molar-refractivity contribution in [2.75, 3.05) is 33.0 Å². The van der Waals surface area contributed by atoms with Crippen LogP contribution in [0.5, 0.6) is 0 Å². The molecule has 1 aliphatic carbocycles. The standard InChI is InChI=1S/C32H45NO5/c1-2-3-4-5-6-7-8-9-10-20-31(34)37-24-23-36-22-15-21-33-32(35)38-25-30-28-18-13-11-16-26(28)27-17-12-14-19-29(27)30/h11-14,16-19,30H,2-10,15,20-25H2,1H3,(H,33,35). The molecule has 208 valence electrons. The molecule has 3 rings (SSSR count). The van der Waals surface area contributed by atoms with Gasteiger partial charge in [0.2, 0.25) is 0 Å². The fraction of sp³-hybridized carbons (Fsp3) is 0.562. The Morgan fingerprint density at radius 1 is 0.711 bits per heavy atom. The number of rotatable bonds is 19. The summed E-state index contributed by atoms with van der Waals surface area (Å²) in [6, 6.07) is 16.6. The van der Waals surface area contributed by atoms with Gasteiger partial charge in [0.25, 0.3) is 0 Å². The maximum absolute atomic E-state index is 12.2. The third-order valence-electron chi connectivity index (χ3n) is 7.05. The Labute approximate surface area is 228 Å². The topological polar surface area (TPSA) is 73.9 Å². The molecule has 0 saturated heterocycles. The van der Waals surface area contributed by atoms with Crippen LogP contribution >= 0.6 is 0 Å². The lowest BCUT2D eigenvalue weighted by atomic mass is 9.98. The average molecular weight is 524 g/mol. The molecule has 0 aliphatic heterocycles. The van der Waals surface area contributed by atoms with Crippen molar-refractivity contribution in [3.05, 3.63) is 59.7 Å². The van der Waals surface area contributed by atoms with Crippen LogP contribution in [0.15, 0.2) is 48.5 Å². The fourth-order valence-corrected chi connectivity index (χ4v) is 4.98. The molecular weight excluding hydrogens is 478 g/mol. The Morgan fingerprint density at radius 2 is 1.32 bits per heavy atom. The molecule has 38 heavy (non-hydrogen) atoms. The first-order valence-corrected chi connectivity index (χ1v) is 14.5. The van der Waals surface area contributed by atoms with Crippen molar-refractivity contribution in [3.8, 4) is 11.1 Å². The predicted octanol–water partition coefficient (Wildman–Crippen LogP) is 7.40. The Kier molecular flexibility index (Phi) is 13.8. The van der Waals surface area contributed by atoms with Gasteiger partial charge in [0.15, 0.2) is 0 Å². The number of benzene rings is 2. The van der Waals surface area contributed by atoms with E-state index in [1.807, 2.05) is 24.3 Å². The maximum Gasteiger partial charge on any atom is 0.407 e. The molecule has 6 nitrogen and oxygen atoms in total. The van der Waals surface area contributed by atoms with E-state index in [1.54, 1.807) is 0 Å². The molecule has 0 atom stereocenters. The van der Waals surface area contributed by atoms with E-state index in [4.69, 9.17) is 14.2 Å². The summed E-state index contributed by atoms with van der Waals surface area (Å²) in [6.07, 6.45) is 11.8. The summed E-state index contributed by atoms with van der Waals surface area (Å²) in [7, 11) is 0. The quantitative estimate of drug-likeness (QED) is 0.153. The van der Waals surface area contributed by atoms with Crippen LogP contribution in [-0.2, 0) is 19.0 Å². The highest BCUT2D eigenvalue weighted by atomic mass is 16.6. The summed E-state index contributed by atoms with van der Waals surface area (Å²) in [5.41, 5.74) is 4.82. The van der Waals surface area contributed by atoms with Crippen molar-refractivity contribution in [1.82, 2.24) is 5.32 Å². The smallest absolute Gasteiger partial charge is 0.407 e. The Hall–Kier alpha value is -2.86. The number of esters is 1. The number of fused-ring (bicyclic) bond motifs is 3. The van der Waals surface area contributed by atoms with Crippen molar-refractivity contribution >= 4 is 12.1 Å². The van der Waals surface area contributed by atoms with Gasteiger partial charge in [-0.2, -0.15) is 0 Å². The normalized spacial score (nSPS) is 12.1. The number of carbonyl (C=O) groups is 2. The SMILES string of the molecule is CCCCCCCCCCCC(=O)OCCOCCCNC(=O)OCC1c2ccccc2-c2ccccc21. The highest BCUT2D eigenvalue weighted by Crippen LogP contribution is 2.44. The van der Waals surface area contributed by atoms with Crippen LogP contribution in [0.3, 0.4) is 0 Å². The first-order chi connectivity index (χ1) is 18.7. The number of unbranched alkanes of at least 4 members (excludes halogenated alkanes) is 8. The lowest BCUT2D eigenvalue weighted by Crippen LogP contribution is -2.27. The van der Waals surface area contributed by atoms with E-state index in [9.17, 15) is 9.59 Å². The molecule has 2 aromatic rings. The molecule has 2 aromatic carbocycles. The summed E-state index contributed by atoms with van der Waals surface area (Å²) in [5.74, 6) is -0.0898. The molecule has 0 bridgehead atoms. The van der Waals surface area contributed by atoms with E-state index in [0.717, 1.165) is 12.8 Å². The fourth-order valence-electron chi connectivity index (χ4n) is 4.98. The number of amides is 1. The highest BCUT2D eigenvalue weighted by Gasteiger charge is 2.28. The van der Waals surface area contributed by atoms with Crippen LogP contribution in [0, 0.1) is 0 Å². The van der Waals surface area contributed by atoms with Crippen molar-refractivity contribution < 1.29 is 23.8 Å². The zero-order valence-corrected chi connectivity index (χ0v) is 23.1. The molecule has 1 aliphatic rings. The van der Waals surface area contributed by atoms with E-state index in [1.165, 1.54) is 67.2 Å². The van der Waals surface area contributed by atoms with Gasteiger partial charge < -0.3 is 19.5 Å². The van der Waals surface area contributed by atoms with Crippen LogP contribution in [0.1, 0.15) is 94.6 Å². The molecule has 1 amide bonds. The number of hydrogen-bond acceptors (Lipinski definition) is 5. The van der Waals surface area contributed by atoms with Crippen LogP contribution < -0.4 is 5.32 Å². The van der Waals surface area contributed by atoms with Crippen molar-refractivity contribution in [3.63, 3.8) is 0 Å². The molecule has 0 heterocycles. The second kappa shape index (κ2) is 17.6. The number of ether oxygens (including phenoxy) is 3. The van der Waals surface area contributed by atoms with Crippen LogP contribution in [-0.4, -0.2) is 45.0 Å². The zero-order valence-electron chi connectivity index (χ0n) is 23.1. The average Bonchev–Trinajstić information content (AvgIpc) is 3.26. The first kappa shape index (κ1) is 29.7. The lowest BCUT2D eigenvalue weighted by molar-refractivity contribution is -0.145. The maximum atomic E-state index is 12.2. The van der Waals surface area contributed by atoms with Crippen molar-refractivity contribution in [2.45, 2.75) is 83.5 Å². The number of nitrogens with one attached hydrogen (secondary N) is 1. The van der Waals surface area contributed by atoms with Gasteiger partial charge in [-0.25, -0.2) is 4.79 Å². The summed E-state index contributed by atoms with van der Waals surface area (Å²) >= 11 is 0. The zero-order chi connectivity index (χ0) is 26.8. The van der Waals surface area contributed by atoms with Gasteiger partial charge in [-0.3, -0.25) is 4.79 Å². The van der Waals surface area contributed by atoms with Gasteiger partial charge in [-0.05, 0) is 35.1 Å². The second-order valence-electron chi connectivity index (χ2n) is 10.0. The molecule has 1 N–H and O–H groups in total. The van der Waals surface area contributed by atoms with Gasteiger partial charge in [-0.1, -0.05) is 107 Å². The Morgan fingerprint density at radius 3 is 1.97 bits per heavy atom. The highest BCUT2D eigenvalue weighted by molar-refractivity contribution is 5.79. The minimum Gasteiger partial charge on any atom is -0.463 e. The largest absolute Gasteiger partial charge is 0.463 e. The molecule has 0 spiro atoms.